The van der Waals surface area contributed by atoms with Gasteiger partial charge in [0.05, 0.1) is 17.9 Å². The van der Waals surface area contributed by atoms with Crippen LogP contribution in [0.3, 0.4) is 0 Å². The Morgan fingerprint density at radius 1 is 1.22 bits per heavy atom. The third-order valence-electron chi connectivity index (χ3n) is 2.78. The summed E-state index contributed by atoms with van der Waals surface area (Å²) in [6.07, 6.45) is 1.83. The molecule has 0 aliphatic rings. The molecular formula is C14H19N3O. The van der Waals surface area contributed by atoms with Crippen molar-refractivity contribution in [2.24, 2.45) is 0 Å². The summed E-state index contributed by atoms with van der Waals surface area (Å²) < 4.78 is 5.59. The van der Waals surface area contributed by atoms with Crippen molar-refractivity contribution in [3.63, 3.8) is 0 Å². The molecule has 2 heterocycles. The van der Waals surface area contributed by atoms with Gasteiger partial charge in [-0.2, -0.15) is 0 Å². The maximum absolute atomic E-state index is 5.59. The van der Waals surface area contributed by atoms with Gasteiger partial charge in [-0.1, -0.05) is 0 Å². The normalized spacial score (nSPS) is 12.2. The van der Waals surface area contributed by atoms with Crippen LogP contribution in [0.2, 0.25) is 0 Å². The molecule has 1 atom stereocenters. The van der Waals surface area contributed by atoms with E-state index < -0.39 is 0 Å². The minimum Gasteiger partial charge on any atom is -0.464 e. The van der Waals surface area contributed by atoms with Gasteiger partial charge in [-0.3, -0.25) is 0 Å². The lowest BCUT2D eigenvalue weighted by molar-refractivity contribution is 0.467. The smallest absolute Gasteiger partial charge is 0.128 e. The van der Waals surface area contributed by atoms with Crippen molar-refractivity contribution < 1.29 is 4.42 Å². The summed E-state index contributed by atoms with van der Waals surface area (Å²) in [7, 11) is 3.95. The second-order valence-electron chi connectivity index (χ2n) is 4.61. The molecule has 0 aliphatic carbocycles. The molecule has 1 N–H and O–H groups in total. The number of rotatable bonds is 4. The van der Waals surface area contributed by atoms with Gasteiger partial charge >= 0.3 is 0 Å². The van der Waals surface area contributed by atoms with Crippen LogP contribution in [0.4, 0.5) is 11.5 Å². The number of pyridine rings is 1. The van der Waals surface area contributed by atoms with Crippen molar-refractivity contribution in [2.45, 2.75) is 19.9 Å². The van der Waals surface area contributed by atoms with E-state index in [1.807, 2.05) is 56.4 Å². The van der Waals surface area contributed by atoms with Crippen LogP contribution in [0.15, 0.2) is 34.9 Å². The van der Waals surface area contributed by atoms with Gasteiger partial charge in [-0.25, -0.2) is 4.98 Å². The fraction of sp³-hybridized carbons (Fsp3) is 0.357. The zero-order valence-corrected chi connectivity index (χ0v) is 11.3. The monoisotopic (exact) mass is 245 g/mol. The highest BCUT2D eigenvalue weighted by Crippen LogP contribution is 2.21. The first-order valence-electron chi connectivity index (χ1n) is 6.02. The number of furan rings is 1. The zero-order valence-electron chi connectivity index (χ0n) is 11.3. The Bertz CT molecular complexity index is 502. The molecule has 0 aromatic carbocycles. The lowest BCUT2D eigenvalue weighted by Gasteiger charge is -2.15. The van der Waals surface area contributed by atoms with Crippen molar-refractivity contribution in [3.8, 4) is 0 Å². The van der Waals surface area contributed by atoms with Crippen LogP contribution in [0.1, 0.15) is 24.5 Å². The number of aryl methyl sites for hydroxylation is 1. The number of nitrogens with one attached hydrogen (secondary N) is 1. The Hall–Kier alpha value is -1.97. The average Bonchev–Trinajstić information content (AvgIpc) is 2.76. The Morgan fingerprint density at radius 3 is 2.50 bits per heavy atom. The lowest BCUT2D eigenvalue weighted by atomic mass is 10.2. The predicted octanol–water partition coefficient (Wildman–Crippen LogP) is 3.22. The van der Waals surface area contributed by atoms with Crippen LogP contribution in [-0.2, 0) is 0 Å². The number of anilines is 2. The third kappa shape index (κ3) is 2.83. The van der Waals surface area contributed by atoms with E-state index in [0.29, 0.717) is 0 Å². The van der Waals surface area contributed by atoms with E-state index in [-0.39, 0.29) is 6.04 Å². The van der Waals surface area contributed by atoms with Gasteiger partial charge in [0.1, 0.15) is 17.3 Å². The number of nitrogens with zero attached hydrogens (tertiary/aromatic N) is 2. The van der Waals surface area contributed by atoms with Crippen LogP contribution in [0.25, 0.3) is 0 Å². The first-order chi connectivity index (χ1) is 8.56. The zero-order chi connectivity index (χ0) is 13.1. The van der Waals surface area contributed by atoms with Gasteiger partial charge in [-0.05, 0) is 38.1 Å². The average molecular weight is 245 g/mol. The summed E-state index contributed by atoms with van der Waals surface area (Å²) in [6.45, 7) is 4.02. The highest BCUT2D eigenvalue weighted by atomic mass is 16.3. The summed E-state index contributed by atoms with van der Waals surface area (Å²) in [5, 5.41) is 3.36. The van der Waals surface area contributed by atoms with Crippen LogP contribution < -0.4 is 10.2 Å². The number of aromatic nitrogens is 1. The molecule has 0 bridgehead atoms. The Balaban J connectivity index is 2.05. The molecule has 0 aliphatic heterocycles. The highest BCUT2D eigenvalue weighted by molar-refractivity contribution is 5.48. The van der Waals surface area contributed by atoms with Crippen molar-refractivity contribution in [3.05, 3.63) is 42.0 Å². The van der Waals surface area contributed by atoms with Gasteiger partial charge in [-0.15, -0.1) is 0 Å². The Labute approximate surface area is 108 Å². The fourth-order valence-corrected chi connectivity index (χ4v) is 1.74. The molecule has 2 aromatic heterocycles. The molecule has 0 spiro atoms. The van der Waals surface area contributed by atoms with Crippen molar-refractivity contribution in [1.82, 2.24) is 4.98 Å². The van der Waals surface area contributed by atoms with Crippen LogP contribution >= 0.6 is 0 Å². The quantitative estimate of drug-likeness (QED) is 0.898. The molecule has 0 amide bonds. The van der Waals surface area contributed by atoms with E-state index >= 15 is 0 Å². The molecule has 4 nitrogen and oxygen atoms in total. The summed E-state index contributed by atoms with van der Waals surface area (Å²) in [6, 6.07) is 8.11. The minimum absolute atomic E-state index is 0.130. The highest BCUT2D eigenvalue weighted by Gasteiger charge is 2.09. The molecule has 0 saturated carbocycles. The van der Waals surface area contributed by atoms with Crippen molar-refractivity contribution >= 4 is 11.5 Å². The number of hydrogen-bond acceptors (Lipinski definition) is 4. The first kappa shape index (κ1) is 12.5. The van der Waals surface area contributed by atoms with E-state index in [0.717, 1.165) is 23.0 Å². The molecule has 2 rings (SSSR count). The summed E-state index contributed by atoms with van der Waals surface area (Å²) in [5.41, 5.74) is 0.988. The lowest BCUT2D eigenvalue weighted by Crippen LogP contribution is -2.11. The maximum atomic E-state index is 5.59. The van der Waals surface area contributed by atoms with Crippen molar-refractivity contribution in [1.29, 1.82) is 0 Å². The molecule has 96 valence electrons. The molecule has 4 heteroatoms. The van der Waals surface area contributed by atoms with Gasteiger partial charge in [0.2, 0.25) is 0 Å². The van der Waals surface area contributed by atoms with Crippen LogP contribution in [0, 0.1) is 6.92 Å². The first-order valence-corrected chi connectivity index (χ1v) is 6.02. The molecule has 0 fully saturated rings. The van der Waals surface area contributed by atoms with Gasteiger partial charge in [0, 0.05) is 14.1 Å². The second-order valence-corrected chi connectivity index (χ2v) is 4.61. The SMILES string of the molecule is Cc1ccc(C(C)Nc2ccc(N(C)C)nc2)o1. The molecule has 18 heavy (non-hydrogen) atoms. The molecule has 0 radical (unpaired) electrons. The number of hydrogen-bond donors (Lipinski definition) is 1. The van der Waals surface area contributed by atoms with E-state index in [1.54, 1.807) is 0 Å². The van der Waals surface area contributed by atoms with E-state index in [2.05, 4.69) is 17.2 Å². The Morgan fingerprint density at radius 2 is 2.00 bits per heavy atom. The summed E-state index contributed by atoms with van der Waals surface area (Å²) in [5.74, 6) is 2.81. The van der Waals surface area contributed by atoms with Crippen molar-refractivity contribution in [2.75, 3.05) is 24.3 Å². The molecule has 2 aromatic rings. The van der Waals surface area contributed by atoms with Crippen LogP contribution in [0.5, 0.6) is 0 Å². The van der Waals surface area contributed by atoms with Gasteiger partial charge in [0.15, 0.2) is 0 Å². The largest absolute Gasteiger partial charge is 0.464 e. The van der Waals surface area contributed by atoms with E-state index in [1.165, 1.54) is 0 Å². The molecule has 0 saturated heterocycles. The van der Waals surface area contributed by atoms with Crippen LogP contribution in [-0.4, -0.2) is 19.1 Å². The van der Waals surface area contributed by atoms with E-state index in [9.17, 15) is 0 Å². The van der Waals surface area contributed by atoms with E-state index in [4.69, 9.17) is 4.42 Å². The third-order valence-corrected chi connectivity index (χ3v) is 2.78. The van der Waals surface area contributed by atoms with Gasteiger partial charge in [0.25, 0.3) is 0 Å². The minimum atomic E-state index is 0.130. The topological polar surface area (TPSA) is 41.3 Å². The molecular weight excluding hydrogens is 226 g/mol. The standard InChI is InChI=1S/C14H19N3O/c1-10-5-7-13(18-10)11(2)16-12-6-8-14(15-9-12)17(3)4/h5-9,11,16H,1-4H3. The predicted molar refractivity (Wildman–Crippen MR) is 74.0 cm³/mol. The Kier molecular flexibility index (Phi) is 3.55. The fourth-order valence-electron chi connectivity index (χ4n) is 1.74. The second kappa shape index (κ2) is 5.12. The maximum Gasteiger partial charge on any atom is 0.128 e. The molecule has 1 unspecified atom stereocenters. The summed E-state index contributed by atoms with van der Waals surface area (Å²) >= 11 is 0. The summed E-state index contributed by atoms with van der Waals surface area (Å²) in [4.78, 5) is 6.34. The van der Waals surface area contributed by atoms with Gasteiger partial charge < -0.3 is 14.6 Å².